The predicted octanol–water partition coefficient (Wildman–Crippen LogP) is 4.00. The Balaban J connectivity index is 0.00000154. The molecule has 0 saturated carbocycles. The lowest BCUT2D eigenvalue weighted by Crippen LogP contribution is -2.39. The fourth-order valence-corrected chi connectivity index (χ4v) is 1.47. The van der Waals surface area contributed by atoms with Crippen LogP contribution in [0.5, 0.6) is 5.75 Å². The SMILES string of the molecule is CC.CCOC(=O)C(C)(C)Oc1cccc(CC)c1. The molecule has 0 aliphatic rings. The maximum Gasteiger partial charge on any atom is 0.349 e. The normalized spacial score (nSPS) is 10.2. The molecule has 0 unspecified atom stereocenters. The third-order valence-electron chi connectivity index (χ3n) is 2.45. The summed E-state index contributed by atoms with van der Waals surface area (Å²) in [6, 6.07) is 7.75. The molecule has 0 radical (unpaired) electrons. The zero-order chi connectivity index (χ0) is 14.9. The Bertz CT molecular complexity index is 383. The number of benzene rings is 1. The third kappa shape index (κ3) is 5.77. The van der Waals surface area contributed by atoms with Crippen LogP contribution in [-0.2, 0) is 16.0 Å². The smallest absolute Gasteiger partial charge is 0.349 e. The van der Waals surface area contributed by atoms with Crippen molar-refractivity contribution in [3.8, 4) is 5.75 Å². The Morgan fingerprint density at radius 2 is 1.84 bits per heavy atom. The minimum Gasteiger partial charge on any atom is -0.476 e. The molecule has 0 amide bonds. The lowest BCUT2D eigenvalue weighted by atomic mass is 10.1. The highest BCUT2D eigenvalue weighted by atomic mass is 16.6. The molecule has 3 heteroatoms. The summed E-state index contributed by atoms with van der Waals surface area (Å²) in [4.78, 5) is 11.7. The minimum atomic E-state index is -0.956. The van der Waals surface area contributed by atoms with Crippen LogP contribution in [0.25, 0.3) is 0 Å². The lowest BCUT2D eigenvalue weighted by Gasteiger charge is -2.24. The van der Waals surface area contributed by atoms with Gasteiger partial charge >= 0.3 is 5.97 Å². The topological polar surface area (TPSA) is 35.5 Å². The predicted molar refractivity (Wildman–Crippen MR) is 78.5 cm³/mol. The van der Waals surface area contributed by atoms with Gasteiger partial charge in [-0.3, -0.25) is 0 Å². The van der Waals surface area contributed by atoms with Crippen LogP contribution >= 0.6 is 0 Å². The molecule has 1 aromatic rings. The van der Waals surface area contributed by atoms with Crippen LogP contribution in [-0.4, -0.2) is 18.2 Å². The number of hydrogen-bond acceptors (Lipinski definition) is 3. The number of aryl methyl sites for hydroxylation is 1. The van der Waals surface area contributed by atoms with E-state index in [0.717, 1.165) is 6.42 Å². The number of carbonyl (C=O) groups excluding carboxylic acids is 1. The number of ether oxygens (including phenoxy) is 2. The van der Waals surface area contributed by atoms with Gasteiger partial charge in [-0.15, -0.1) is 0 Å². The second kappa shape index (κ2) is 8.57. The molecule has 0 fully saturated rings. The number of hydrogen-bond donors (Lipinski definition) is 0. The Kier molecular flexibility index (Phi) is 7.89. The van der Waals surface area contributed by atoms with Crippen molar-refractivity contribution >= 4 is 5.97 Å². The van der Waals surface area contributed by atoms with Gasteiger partial charge in [0.05, 0.1) is 6.61 Å². The monoisotopic (exact) mass is 266 g/mol. The highest BCUT2D eigenvalue weighted by Crippen LogP contribution is 2.21. The molecule has 0 aromatic heterocycles. The Hall–Kier alpha value is -1.51. The van der Waals surface area contributed by atoms with Crippen LogP contribution in [0.4, 0.5) is 0 Å². The Morgan fingerprint density at radius 1 is 1.21 bits per heavy atom. The van der Waals surface area contributed by atoms with Crippen LogP contribution in [0.2, 0.25) is 0 Å². The zero-order valence-electron chi connectivity index (χ0n) is 12.9. The molecule has 1 aromatic carbocycles. The summed E-state index contributed by atoms with van der Waals surface area (Å²) >= 11 is 0. The molecular weight excluding hydrogens is 240 g/mol. The molecule has 0 aliphatic heterocycles. The molecule has 0 saturated heterocycles. The molecule has 3 nitrogen and oxygen atoms in total. The van der Waals surface area contributed by atoms with E-state index in [1.54, 1.807) is 20.8 Å². The van der Waals surface area contributed by atoms with Crippen molar-refractivity contribution in [3.05, 3.63) is 29.8 Å². The maximum atomic E-state index is 11.7. The first-order valence-corrected chi connectivity index (χ1v) is 6.94. The van der Waals surface area contributed by atoms with E-state index >= 15 is 0 Å². The van der Waals surface area contributed by atoms with Crippen molar-refractivity contribution in [1.82, 2.24) is 0 Å². The number of rotatable bonds is 5. The van der Waals surface area contributed by atoms with Gasteiger partial charge in [-0.2, -0.15) is 0 Å². The molecule has 0 heterocycles. The summed E-state index contributed by atoms with van der Waals surface area (Å²) in [5, 5.41) is 0. The van der Waals surface area contributed by atoms with Gasteiger partial charge in [-0.1, -0.05) is 32.9 Å². The molecule has 0 N–H and O–H groups in total. The number of carbonyl (C=O) groups is 1. The summed E-state index contributed by atoms with van der Waals surface area (Å²) in [5.41, 5.74) is 0.227. The standard InChI is InChI=1S/C14H20O3.C2H6/c1-5-11-8-7-9-12(10-11)17-14(3,4)13(15)16-6-2;1-2/h7-10H,5-6H2,1-4H3;1-2H3. The van der Waals surface area contributed by atoms with Gasteiger partial charge in [0.25, 0.3) is 0 Å². The molecule has 0 atom stereocenters. The van der Waals surface area contributed by atoms with E-state index in [1.165, 1.54) is 5.56 Å². The average Bonchev–Trinajstić information content (AvgIpc) is 2.41. The highest BCUT2D eigenvalue weighted by Gasteiger charge is 2.31. The fourth-order valence-electron chi connectivity index (χ4n) is 1.47. The molecule has 108 valence electrons. The van der Waals surface area contributed by atoms with E-state index in [2.05, 4.69) is 6.92 Å². The van der Waals surface area contributed by atoms with Gasteiger partial charge in [0.2, 0.25) is 0 Å². The fraction of sp³-hybridized carbons (Fsp3) is 0.562. The van der Waals surface area contributed by atoms with Crippen molar-refractivity contribution in [2.24, 2.45) is 0 Å². The van der Waals surface area contributed by atoms with Crippen LogP contribution in [0.1, 0.15) is 47.1 Å². The van der Waals surface area contributed by atoms with E-state index in [0.29, 0.717) is 12.4 Å². The quantitative estimate of drug-likeness (QED) is 0.756. The maximum absolute atomic E-state index is 11.7. The average molecular weight is 266 g/mol. The Labute approximate surface area is 116 Å². The first-order valence-electron chi connectivity index (χ1n) is 6.94. The van der Waals surface area contributed by atoms with Gasteiger partial charge in [-0.05, 0) is 44.9 Å². The van der Waals surface area contributed by atoms with Gasteiger partial charge in [0.1, 0.15) is 5.75 Å². The van der Waals surface area contributed by atoms with Crippen molar-refractivity contribution in [2.75, 3.05) is 6.61 Å². The molecular formula is C16H26O3. The molecule has 0 aliphatic carbocycles. The summed E-state index contributed by atoms with van der Waals surface area (Å²) in [6.07, 6.45) is 0.942. The van der Waals surface area contributed by atoms with Gasteiger partial charge in [-0.25, -0.2) is 4.79 Å². The summed E-state index contributed by atoms with van der Waals surface area (Å²) < 4.78 is 10.7. The highest BCUT2D eigenvalue weighted by molar-refractivity contribution is 5.79. The van der Waals surface area contributed by atoms with Crippen LogP contribution in [0.15, 0.2) is 24.3 Å². The van der Waals surface area contributed by atoms with Crippen molar-refractivity contribution in [1.29, 1.82) is 0 Å². The van der Waals surface area contributed by atoms with E-state index in [1.807, 2.05) is 38.1 Å². The first kappa shape index (κ1) is 17.5. The molecule has 1 rings (SSSR count). The van der Waals surface area contributed by atoms with Crippen molar-refractivity contribution < 1.29 is 14.3 Å². The van der Waals surface area contributed by atoms with Crippen LogP contribution in [0.3, 0.4) is 0 Å². The largest absolute Gasteiger partial charge is 0.476 e. The molecule has 19 heavy (non-hydrogen) atoms. The Morgan fingerprint density at radius 3 is 2.37 bits per heavy atom. The van der Waals surface area contributed by atoms with Crippen molar-refractivity contribution in [2.45, 2.75) is 53.6 Å². The second-order valence-electron chi connectivity index (χ2n) is 4.33. The van der Waals surface area contributed by atoms with Crippen LogP contribution in [0, 0.1) is 0 Å². The van der Waals surface area contributed by atoms with E-state index < -0.39 is 5.60 Å². The van der Waals surface area contributed by atoms with E-state index in [9.17, 15) is 4.79 Å². The third-order valence-corrected chi connectivity index (χ3v) is 2.45. The van der Waals surface area contributed by atoms with Crippen molar-refractivity contribution in [3.63, 3.8) is 0 Å². The molecule has 0 bridgehead atoms. The van der Waals surface area contributed by atoms with E-state index in [4.69, 9.17) is 9.47 Å². The number of esters is 1. The minimum absolute atomic E-state index is 0.345. The van der Waals surface area contributed by atoms with Gasteiger partial charge < -0.3 is 9.47 Å². The summed E-state index contributed by atoms with van der Waals surface area (Å²) in [5.74, 6) is 0.351. The molecule has 0 spiro atoms. The summed E-state index contributed by atoms with van der Waals surface area (Å²) in [7, 11) is 0. The van der Waals surface area contributed by atoms with Gasteiger partial charge in [0, 0.05) is 0 Å². The second-order valence-corrected chi connectivity index (χ2v) is 4.33. The van der Waals surface area contributed by atoms with Crippen LogP contribution < -0.4 is 4.74 Å². The lowest BCUT2D eigenvalue weighted by molar-refractivity contribution is -0.158. The van der Waals surface area contributed by atoms with E-state index in [-0.39, 0.29) is 5.97 Å². The first-order chi connectivity index (χ1) is 8.99. The van der Waals surface area contributed by atoms with Gasteiger partial charge in [0.15, 0.2) is 5.60 Å². The zero-order valence-corrected chi connectivity index (χ0v) is 12.9. The summed E-state index contributed by atoms with van der Waals surface area (Å²) in [6.45, 7) is 11.6.